The van der Waals surface area contributed by atoms with Crippen LogP contribution in [0.4, 0.5) is 5.82 Å². The second kappa shape index (κ2) is 5.05. The minimum absolute atomic E-state index is 0.980. The second-order valence-corrected chi connectivity index (χ2v) is 5.01. The Balaban J connectivity index is 2.71. The average Bonchev–Trinajstić information content (AvgIpc) is 2.33. The van der Waals surface area contributed by atoms with E-state index in [1.54, 1.807) is 0 Å². The fraction of sp³-hybridized carbons (Fsp3) is 0.357. The number of halogens is 1. The van der Waals surface area contributed by atoms with Crippen molar-refractivity contribution in [1.82, 2.24) is 4.98 Å². The summed E-state index contributed by atoms with van der Waals surface area (Å²) >= 11 is 3.57. The molecule has 3 heteroatoms. The van der Waals surface area contributed by atoms with Gasteiger partial charge in [-0.1, -0.05) is 17.7 Å². The molecule has 2 rings (SSSR count). The molecule has 1 aromatic heterocycles. The number of fused-ring (bicyclic) bond motifs is 1. The summed E-state index contributed by atoms with van der Waals surface area (Å²) in [5, 5.41) is 2.45. The highest BCUT2D eigenvalue weighted by atomic mass is 79.9. The quantitative estimate of drug-likeness (QED) is 0.845. The van der Waals surface area contributed by atoms with Crippen molar-refractivity contribution in [3.63, 3.8) is 0 Å². The van der Waals surface area contributed by atoms with Crippen molar-refractivity contribution in [2.75, 3.05) is 18.0 Å². The Kier molecular flexibility index (Phi) is 3.67. The lowest BCUT2D eigenvalue weighted by molar-refractivity contribution is 0.851. The summed E-state index contributed by atoms with van der Waals surface area (Å²) in [5.74, 6) is 1.08. The maximum atomic E-state index is 4.57. The molecule has 17 heavy (non-hydrogen) atoms. The minimum Gasteiger partial charge on any atom is -0.357 e. The van der Waals surface area contributed by atoms with Crippen LogP contribution in [0.5, 0.6) is 0 Å². The molecule has 0 N–H and O–H groups in total. The van der Waals surface area contributed by atoms with Crippen molar-refractivity contribution in [2.24, 2.45) is 0 Å². The Morgan fingerprint density at radius 3 is 2.53 bits per heavy atom. The molecule has 0 radical (unpaired) electrons. The van der Waals surface area contributed by atoms with Crippen LogP contribution in [0, 0.1) is 6.92 Å². The highest BCUT2D eigenvalue weighted by Gasteiger charge is 2.10. The molecule has 0 fully saturated rings. The molecule has 2 nitrogen and oxygen atoms in total. The molecule has 0 spiro atoms. The van der Waals surface area contributed by atoms with Crippen LogP contribution >= 0.6 is 15.9 Å². The van der Waals surface area contributed by atoms with Crippen LogP contribution in [0.2, 0.25) is 0 Å². The lowest BCUT2D eigenvalue weighted by atomic mass is 10.1. The van der Waals surface area contributed by atoms with Gasteiger partial charge in [0.15, 0.2) is 0 Å². The van der Waals surface area contributed by atoms with E-state index in [0.29, 0.717) is 0 Å². The molecule has 90 valence electrons. The van der Waals surface area contributed by atoms with Gasteiger partial charge < -0.3 is 4.90 Å². The number of rotatable bonds is 3. The predicted octanol–water partition coefficient (Wildman–Crippen LogP) is 4.15. The van der Waals surface area contributed by atoms with Gasteiger partial charge in [0.05, 0.1) is 0 Å². The Morgan fingerprint density at radius 2 is 1.88 bits per heavy atom. The van der Waals surface area contributed by atoms with E-state index in [1.807, 2.05) is 6.20 Å². The van der Waals surface area contributed by atoms with Gasteiger partial charge in [0, 0.05) is 34.5 Å². The number of aryl methyl sites for hydroxylation is 1. The zero-order valence-electron chi connectivity index (χ0n) is 10.5. The summed E-state index contributed by atoms with van der Waals surface area (Å²) in [6, 6.07) is 6.50. The van der Waals surface area contributed by atoms with Crippen LogP contribution in [0.15, 0.2) is 28.9 Å². The molecule has 1 heterocycles. The van der Waals surface area contributed by atoms with Crippen molar-refractivity contribution in [3.05, 3.63) is 34.4 Å². The summed E-state index contributed by atoms with van der Waals surface area (Å²) in [4.78, 5) is 6.85. The molecule has 0 aliphatic rings. The van der Waals surface area contributed by atoms with Gasteiger partial charge in [-0.25, -0.2) is 4.98 Å². The number of aromatic nitrogens is 1. The first-order valence-electron chi connectivity index (χ1n) is 5.97. The molecule has 0 aliphatic heterocycles. The molecule has 0 saturated carbocycles. The monoisotopic (exact) mass is 292 g/mol. The van der Waals surface area contributed by atoms with E-state index in [9.17, 15) is 0 Å². The third-order valence-corrected chi connectivity index (χ3v) is 3.67. The van der Waals surface area contributed by atoms with E-state index >= 15 is 0 Å². The van der Waals surface area contributed by atoms with E-state index in [2.05, 4.69) is 64.8 Å². The Morgan fingerprint density at radius 1 is 1.18 bits per heavy atom. The molecule has 0 bridgehead atoms. The largest absolute Gasteiger partial charge is 0.357 e. The van der Waals surface area contributed by atoms with Crippen LogP contribution in [-0.4, -0.2) is 18.1 Å². The smallest absolute Gasteiger partial charge is 0.136 e. The summed E-state index contributed by atoms with van der Waals surface area (Å²) in [6.07, 6.45) is 1.89. The zero-order valence-corrected chi connectivity index (χ0v) is 12.1. The molecule has 2 aromatic rings. The van der Waals surface area contributed by atoms with Crippen LogP contribution in [-0.2, 0) is 0 Å². The van der Waals surface area contributed by atoms with Gasteiger partial charge in [0.2, 0.25) is 0 Å². The van der Waals surface area contributed by atoms with Crippen molar-refractivity contribution < 1.29 is 0 Å². The Labute approximate surface area is 111 Å². The first kappa shape index (κ1) is 12.4. The van der Waals surface area contributed by atoms with Gasteiger partial charge in [-0.15, -0.1) is 0 Å². The summed E-state index contributed by atoms with van der Waals surface area (Å²) in [7, 11) is 0. The van der Waals surface area contributed by atoms with Gasteiger partial charge in [0.25, 0.3) is 0 Å². The van der Waals surface area contributed by atoms with E-state index in [4.69, 9.17) is 0 Å². The summed E-state index contributed by atoms with van der Waals surface area (Å²) in [5.41, 5.74) is 1.27. The number of hydrogen-bond acceptors (Lipinski definition) is 2. The molecule has 0 amide bonds. The number of nitrogens with zero attached hydrogens (tertiary/aromatic N) is 2. The van der Waals surface area contributed by atoms with Crippen molar-refractivity contribution in [3.8, 4) is 0 Å². The molecule has 0 saturated heterocycles. The topological polar surface area (TPSA) is 16.1 Å². The number of hydrogen-bond donors (Lipinski definition) is 0. The lowest BCUT2D eigenvalue weighted by Gasteiger charge is -2.22. The predicted molar refractivity (Wildman–Crippen MR) is 77.7 cm³/mol. The second-order valence-electron chi connectivity index (χ2n) is 4.15. The molecular formula is C14H17BrN2. The Bertz CT molecular complexity index is 533. The van der Waals surface area contributed by atoms with E-state index < -0.39 is 0 Å². The van der Waals surface area contributed by atoms with Gasteiger partial charge >= 0.3 is 0 Å². The first-order valence-corrected chi connectivity index (χ1v) is 6.76. The molecular weight excluding hydrogens is 276 g/mol. The maximum Gasteiger partial charge on any atom is 0.136 e. The van der Waals surface area contributed by atoms with E-state index in [-0.39, 0.29) is 0 Å². The fourth-order valence-corrected chi connectivity index (χ4v) is 2.53. The lowest BCUT2D eigenvalue weighted by Crippen LogP contribution is -2.23. The van der Waals surface area contributed by atoms with Gasteiger partial charge in [-0.05, 0) is 42.8 Å². The van der Waals surface area contributed by atoms with Crippen LogP contribution < -0.4 is 4.90 Å². The summed E-state index contributed by atoms with van der Waals surface area (Å²) in [6.45, 7) is 8.40. The number of benzene rings is 1. The fourth-order valence-electron chi connectivity index (χ4n) is 2.08. The van der Waals surface area contributed by atoms with Crippen molar-refractivity contribution in [2.45, 2.75) is 20.8 Å². The number of pyridine rings is 1. The number of anilines is 1. The highest BCUT2D eigenvalue weighted by molar-refractivity contribution is 9.10. The Hall–Kier alpha value is -1.09. The average molecular weight is 293 g/mol. The molecule has 1 aromatic carbocycles. The molecule has 0 atom stereocenters. The van der Waals surface area contributed by atoms with Gasteiger partial charge in [-0.2, -0.15) is 0 Å². The normalized spacial score (nSPS) is 10.8. The molecule has 0 aliphatic carbocycles. The van der Waals surface area contributed by atoms with Gasteiger partial charge in [0.1, 0.15) is 5.82 Å². The summed E-state index contributed by atoms with van der Waals surface area (Å²) < 4.78 is 1.06. The minimum atomic E-state index is 0.980. The maximum absolute atomic E-state index is 4.57. The molecule has 0 unspecified atom stereocenters. The highest BCUT2D eigenvalue weighted by Crippen LogP contribution is 2.30. The zero-order chi connectivity index (χ0) is 12.4. The van der Waals surface area contributed by atoms with Crippen molar-refractivity contribution >= 4 is 32.5 Å². The van der Waals surface area contributed by atoms with E-state index in [0.717, 1.165) is 23.4 Å². The van der Waals surface area contributed by atoms with Crippen LogP contribution in [0.3, 0.4) is 0 Å². The van der Waals surface area contributed by atoms with Crippen molar-refractivity contribution in [1.29, 1.82) is 0 Å². The third kappa shape index (κ3) is 2.29. The van der Waals surface area contributed by atoms with Crippen LogP contribution in [0.25, 0.3) is 10.8 Å². The van der Waals surface area contributed by atoms with Gasteiger partial charge in [-0.3, -0.25) is 0 Å². The first-order chi connectivity index (χ1) is 8.17. The SMILES string of the molecule is CCN(CC)c1ncc(Br)c2ccc(C)cc12. The van der Waals surface area contributed by atoms with Crippen LogP contribution in [0.1, 0.15) is 19.4 Å². The standard InChI is InChI=1S/C14H17BrN2/c1-4-17(5-2)14-12-8-10(3)6-7-11(12)13(15)9-16-14/h6-9H,4-5H2,1-3H3. The third-order valence-electron chi connectivity index (χ3n) is 3.04. The van der Waals surface area contributed by atoms with E-state index in [1.165, 1.54) is 16.3 Å².